The monoisotopic (exact) mass is 287 g/mol. The Kier molecular flexibility index (Phi) is 9.80. The lowest BCUT2D eigenvalue weighted by Gasteiger charge is -2.24. The third kappa shape index (κ3) is 8.74. The lowest BCUT2D eigenvalue weighted by Crippen LogP contribution is -2.47. The second kappa shape index (κ2) is 10.5. The zero-order chi connectivity index (χ0) is 15.5. The largest absolute Gasteiger partial charge is 0.481 e. The minimum atomic E-state index is -0.825. The summed E-state index contributed by atoms with van der Waals surface area (Å²) < 4.78 is 0. The molecular weight excluding hydrogens is 258 g/mol. The van der Waals surface area contributed by atoms with Crippen molar-refractivity contribution in [2.24, 2.45) is 5.92 Å². The highest BCUT2D eigenvalue weighted by molar-refractivity contribution is 5.74. The molecule has 6 nitrogen and oxygen atoms in total. The number of rotatable bonds is 10. The molecule has 0 bridgehead atoms. The Bertz CT molecular complexity index is 293. The molecule has 0 saturated heterocycles. The number of aliphatic carboxylic acids is 1. The van der Waals surface area contributed by atoms with Gasteiger partial charge in [0, 0.05) is 25.6 Å². The molecule has 0 aliphatic carbocycles. The van der Waals surface area contributed by atoms with Gasteiger partial charge in [0.25, 0.3) is 0 Å². The van der Waals surface area contributed by atoms with Crippen molar-refractivity contribution in [3.8, 4) is 0 Å². The van der Waals surface area contributed by atoms with E-state index in [1.807, 2.05) is 13.8 Å². The smallest absolute Gasteiger partial charge is 0.315 e. The molecular formula is C14H29N3O3. The molecule has 20 heavy (non-hydrogen) atoms. The van der Waals surface area contributed by atoms with Gasteiger partial charge in [0.05, 0.1) is 0 Å². The van der Waals surface area contributed by atoms with Crippen LogP contribution in [0.2, 0.25) is 0 Å². The van der Waals surface area contributed by atoms with Crippen molar-refractivity contribution in [3.63, 3.8) is 0 Å². The van der Waals surface area contributed by atoms with Gasteiger partial charge in [0.1, 0.15) is 0 Å². The maximum absolute atomic E-state index is 11.7. The molecule has 0 aliphatic heterocycles. The molecule has 0 aliphatic rings. The highest BCUT2D eigenvalue weighted by Crippen LogP contribution is 2.06. The number of nitrogens with one attached hydrogen (secondary N) is 2. The number of hydrogen-bond donors (Lipinski definition) is 3. The Morgan fingerprint density at radius 2 is 1.80 bits per heavy atom. The molecule has 0 aromatic carbocycles. The van der Waals surface area contributed by atoms with Gasteiger partial charge in [-0.1, -0.05) is 27.2 Å². The first kappa shape index (κ1) is 18.7. The van der Waals surface area contributed by atoms with E-state index in [2.05, 4.69) is 29.4 Å². The first-order valence-electron chi connectivity index (χ1n) is 7.41. The molecule has 0 spiro atoms. The van der Waals surface area contributed by atoms with Crippen LogP contribution in [0.1, 0.15) is 40.5 Å². The summed E-state index contributed by atoms with van der Waals surface area (Å²) in [6, 6.07) is -0.164. The number of carboxylic acid groups (broad SMARTS) is 1. The molecule has 0 heterocycles. The van der Waals surface area contributed by atoms with Crippen molar-refractivity contribution in [1.29, 1.82) is 0 Å². The minimum absolute atomic E-state index is 0.0173. The predicted octanol–water partition coefficient (Wildman–Crippen LogP) is 1.52. The van der Waals surface area contributed by atoms with Gasteiger partial charge in [-0.05, 0) is 25.9 Å². The van der Waals surface area contributed by atoms with E-state index >= 15 is 0 Å². The normalized spacial score (nSPS) is 13.8. The molecule has 2 amide bonds. The van der Waals surface area contributed by atoms with Crippen LogP contribution in [0.4, 0.5) is 4.79 Å². The summed E-state index contributed by atoms with van der Waals surface area (Å²) in [5.74, 6) is -0.842. The zero-order valence-corrected chi connectivity index (χ0v) is 13.1. The van der Waals surface area contributed by atoms with Crippen molar-refractivity contribution in [1.82, 2.24) is 15.5 Å². The van der Waals surface area contributed by atoms with Crippen molar-refractivity contribution >= 4 is 12.0 Å². The number of carbonyl (C=O) groups is 2. The molecule has 0 fully saturated rings. The number of likely N-dealkylation sites (N-methyl/N-ethyl adjacent to an activating group) is 1. The average molecular weight is 287 g/mol. The van der Waals surface area contributed by atoms with Gasteiger partial charge >= 0.3 is 12.0 Å². The predicted molar refractivity (Wildman–Crippen MR) is 79.8 cm³/mol. The van der Waals surface area contributed by atoms with E-state index in [4.69, 9.17) is 5.11 Å². The maximum Gasteiger partial charge on any atom is 0.315 e. The van der Waals surface area contributed by atoms with Gasteiger partial charge in [-0.25, -0.2) is 4.79 Å². The minimum Gasteiger partial charge on any atom is -0.481 e. The van der Waals surface area contributed by atoms with Crippen LogP contribution in [0.15, 0.2) is 0 Å². The van der Waals surface area contributed by atoms with Gasteiger partial charge in [-0.3, -0.25) is 4.79 Å². The quantitative estimate of drug-likeness (QED) is 0.569. The van der Waals surface area contributed by atoms with Crippen LogP contribution in [0.25, 0.3) is 0 Å². The number of amides is 2. The molecule has 2 unspecified atom stereocenters. The van der Waals surface area contributed by atoms with Gasteiger partial charge in [-0.2, -0.15) is 0 Å². The third-order valence-electron chi connectivity index (χ3n) is 3.40. The summed E-state index contributed by atoms with van der Waals surface area (Å²) in [4.78, 5) is 24.6. The SMILES string of the molecule is CCC(CNC(=O)NC(C)CN(CC)CC)CC(=O)O. The van der Waals surface area contributed by atoms with Crippen molar-refractivity contribution in [2.45, 2.75) is 46.6 Å². The van der Waals surface area contributed by atoms with Crippen LogP contribution in [-0.2, 0) is 4.79 Å². The number of carboxylic acids is 1. The van der Waals surface area contributed by atoms with Crippen LogP contribution in [0, 0.1) is 5.92 Å². The Labute approximate surface area is 121 Å². The van der Waals surface area contributed by atoms with Gasteiger partial charge in [0.15, 0.2) is 0 Å². The number of urea groups is 1. The van der Waals surface area contributed by atoms with Gasteiger partial charge in [0.2, 0.25) is 0 Å². The number of hydrogen-bond acceptors (Lipinski definition) is 3. The molecule has 0 rings (SSSR count). The van der Waals surface area contributed by atoms with E-state index < -0.39 is 5.97 Å². The first-order chi connectivity index (χ1) is 9.42. The van der Waals surface area contributed by atoms with E-state index in [-0.39, 0.29) is 24.4 Å². The van der Waals surface area contributed by atoms with Gasteiger partial charge in [-0.15, -0.1) is 0 Å². The summed E-state index contributed by atoms with van der Waals surface area (Å²) in [7, 11) is 0. The van der Waals surface area contributed by atoms with E-state index in [9.17, 15) is 9.59 Å². The second-order valence-electron chi connectivity index (χ2n) is 5.11. The van der Waals surface area contributed by atoms with Gasteiger partial charge < -0.3 is 20.6 Å². The summed E-state index contributed by atoms with van der Waals surface area (Å²) >= 11 is 0. The Morgan fingerprint density at radius 3 is 2.25 bits per heavy atom. The lowest BCUT2D eigenvalue weighted by molar-refractivity contribution is -0.138. The fourth-order valence-electron chi connectivity index (χ4n) is 2.03. The Balaban J connectivity index is 4.00. The molecule has 0 saturated carbocycles. The topological polar surface area (TPSA) is 81.7 Å². The first-order valence-corrected chi connectivity index (χ1v) is 7.41. The number of carbonyl (C=O) groups excluding carboxylic acids is 1. The molecule has 2 atom stereocenters. The molecule has 118 valence electrons. The fraction of sp³-hybridized carbons (Fsp3) is 0.857. The highest BCUT2D eigenvalue weighted by atomic mass is 16.4. The lowest BCUT2D eigenvalue weighted by atomic mass is 10.0. The zero-order valence-electron chi connectivity index (χ0n) is 13.1. The molecule has 0 radical (unpaired) electrons. The van der Waals surface area contributed by atoms with Crippen LogP contribution >= 0.6 is 0 Å². The van der Waals surface area contributed by atoms with E-state index in [1.54, 1.807) is 0 Å². The Hall–Kier alpha value is -1.30. The summed E-state index contributed by atoms with van der Waals surface area (Å²) in [5.41, 5.74) is 0. The third-order valence-corrected chi connectivity index (χ3v) is 3.40. The van der Waals surface area contributed by atoms with Crippen LogP contribution in [-0.4, -0.2) is 54.2 Å². The maximum atomic E-state index is 11.7. The highest BCUT2D eigenvalue weighted by Gasteiger charge is 2.14. The van der Waals surface area contributed by atoms with Crippen LogP contribution < -0.4 is 10.6 Å². The van der Waals surface area contributed by atoms with E-state index in [0.717, 1.165) is 26.1 Å². The standard InChI is InChI=1S/C14H29N3O3/c1-5-12(8-13(18)19)9-15-14(20)16-11(4)10-17(6-2)7-3/h11-12H,5-10H2,1-4H3,(H,18,19)(H2,15,16,20). The van der Waals surface area contributed by atoms with E-state index in [0.29, 0.717) is 6.54 Å². The Morgan fingerprint density at radius 1 is 1.20 bits per heavy atom. The summed E-state index contributed by atoms with van der Waals surface area (Å²) in [6.07, 6.45) is 0.827. The van der Waals surface area contributed by atoms with E-state index in [1.165, 1.54) is 0 Å². The molecule has 3 N–H and O–H groups in total. The number of nitrogens with zero attached hydrogens (tertiary/aromatic N) is 1. The van der Waals surface area contributed by atoms with Crippen LogP contribution in [0.3, 0.4) is 0 Å². The average Bonchev–Trinajstić information content (AvgIpc) is 2.40. The van der Waals surface area contributed by atoms with Crippen molar-refractivity contribution < 1.29 is 14.7 Å². The summed E-state index contributed by atoms with van der Waals surface area (Å²) in [5, 5.41) is 14.4. The van der Waals surface area contributed by atoms with Crippen molar-refractivity contribution in [2.75, 3.05) is 26.2 Å². The van der Waals surface area contributed by atoms with Crippen molar-refractivity contribution in [3.05, 3.63) is 0 Å². The second-order valence-corrected chi connectivity index (χ2v) is 5.11. The molecule has 0 aromatic heterocycles. The molecule has 6 heteroatoms. The van der Waals surface area contributed by atoms with Crippen LogP contribution in [0.5, 0.6) is 0 Å². The molecule has 0 aromatic rings. The summed E-state index contributed by atoms with van der Waals surface area (Å²) in [6.45, 7) is 11.2. The fourth-order valence-corrected chi connectivity index (χ4v) is 2.03.